The third kappa shape index (κ3) is 8.18. The summed E-state index contributed by atoms with van der Waals surface area (Å²) in [6.45, 7) is 3.74. The molecular weight excluding hydrogens is 300 g/mol. The molecule has 1 rings (SSSR count). The molecule has 0 radical (unpaired) electrons. The van der Waals surface area contributed by atoms with Gasteiger partial charge in [-0.2, -0.15) is 0 Å². The summed E-state index contributed by atoms with van der Waals surface area (Å²) in [7, 11) is 3.26. The number of likely N-dealkylation sites (N-methyl/N-ethyl adjacent to an activating group) is 2. The van der Waals surface area contributed by atoms with Gasteiger partial charge in [0, 0.05) is 0 Å². The van der Waals surface area contributed by atoms with E-state index in [1.54, 1.807) is 38.4 Å². The first-order valence-corrected chi connectivity index (χ1v) is 7.30. The molecule has 7 heteroatoms. The van der Waals surface area contributed by atoms with Crippen LogP contribution in [0.25, 0.3) is 0 Å². The number of nitrogens with one attached hydrogen (secondary N) is 2. The molecule has 1 aromatic rings. The van der Waals surface area contributed by atoms with Crippen LogP contribution < -0.4 is 10.6 Å². The number of phenolic OH excluding ortho intramolecular Hbond substituents is 1. The topological polar surface area (TPSA) is 119 Å². The van der Waals surface area contributed by atoms with Crippen LogP contribution in [-0.2, 0) is 16.0 Å². The Morgan fingerprint density at radius 2 is 1.52 bits per heavy atom. The normalized spacial score (nSPS) is 12.9. The highest BCUT2D eigenvalue weighted by Crippen LogP contribution is 2.11. The predicted octanol–water partition coefficient (Wildman–Crippen LogP) is 0.922. The first-order chi connectivity index (χ1) is 10.7. The minimum atomic E-state index is -0.874. The quantitative estimate of drug-likeness (QED) is 0.505. The summed E-state index contributed by atoms with van der Waals surface area (Å²) in [4.78, 5) is 21.0. The van der Waals surface area contributed by atoms with Crippen LogP contribution >= 0.6 is 0 Å². The van der Waals surface area contributed by atoms with E-state index >= 15 is 0 Å². The van der Waals surface area contributed by atoms with E-state index in [1.165, 1.54) is 0 Å². The Labute approximate surface area is 136 Å². The molecule has 0 aliphatic heterocycles. The number of carbonyl (C=O) groups is 2. The first kappa shape index (κ1) is 20.9. The number of hydrogen-bond donors (Lipinski definition) is 5. The monoisotopic (exact) mass is 326 g/mol. The van der Waals surface area contributed by atoms with Gasteiger partial charge >= 0.3 is 11.9 Å². The van der Waals surface area contributed by atoms with Crippen molar-refractivity contribution in [3.8, 4) is 5.75 Å². The zero-order chi connectivity index (χ0) is 18.0. The molecule has 0 unspecified atom stereocenters. The molecule has 0 spiro atoms. The van der Waals surface area contributed by atoms with Gasteiger partial charge in [0.1, 0.15) is 17.8 Å². The number of rotatable bonds is 7. The van der Waals surface area contributed by atoms with Crippen molar-refractivity contribution in [2.75, 3.05) is 14.1 Å². The number of carboxylic acid groups (broad SMARTS) is 2. The Bertz CT molecular complexity index is 488. The average molecular weight is 326 g/mol. The number of hydrogen-bond acceptors (Lipinski definition) is 5. The highest BCUT2D eigenvalue weighted by molar-refractivity contribution is 5.74. The van der Waals surface area contributed by atoms with Crippen molar-refractivity contribution in [2.45, 2.75) is 32.4 Å². The first-order valence-electron chi connectivity index (χ1n) is 7.30. The maximum atomic E-state index is 10.7. The molecule has 0 saturated carbocycles. The third-order valence-electron chi connectivity index (χ3n) is 3.27. The Hall–Kier alpha value is -2.12. The van der Waals surface area contributed by atoms with Crippen molar-refractivity contribution in [1.29, 1.82) is 0 Å². The Morgan fingerprint density at radius 1 is 1.00 bits per heavy atom. The minimum Gasteiger partial charge on any atom is -0.508 e. The van der Waals surface area contributed by atoms with Gasteiger partial charge in [0.25, 0.3) is 0 Å². The minimum absolute atomic E-state index is 0.146. The lowest BCUT2D eigenvalue weighted by Crippen LogP contribution is -2.38. The lowest BCUT2D eigenvalue weighted by molar-refractivity contribution is -0.141. The van der Waals surface area contributed by atoms with E-state index in [0.29, 0.717) is 6.42 Å². The van der Waals surface area contributed by atoms with E-state index in [4.69, 9.17) is 15.3 Å². The van der Waals surface area contributed by atoms with Crippen LogP contribution in [0.2, 0.25) is 0 Å². The van der Waals surface area contributed by atoms with Gasteiger partial charge in [0.05, 0.1) is 0 Å². The zero-order valence-corrected chi connectivity index (χ0v) is 13.9. The van der Waals surface area contributed by atoms with Gasteiger partial charge in [-0.25, -0.2) is 0 Å². The number of phenols is 1. The molecule has 5 N–H and O–H groups in total. The molecule has 0 heterocycles. The lowest BCUT2D eigenvalue weighted by Gasteiger charge is -2.13. The van der Waals surface area contributed by atoms with Crippen molar-refractivity contribution in [3.05, 3.63) is 29.8 Å². The van der Waals surface area contributed by atoms with E-state index in [9.17, 15) is 9.59 Å². The molecular formula is C16H26N2O5. The largest absolute Gasteiger partial charge is 0.508 e. The molecule has 0 fully saturated rings. The van der Waals surface area contributed by atoms with E-state index < -0.39 is 24.0 Å². The maximum absolute atomic E-state index is 10.7. The fraction of sp³-hybridized carbons (Fsp3) is 0.500. The van der Waals surface area contributed by atoms with Gasteiger partial charge in [-0.05, 0) is 44.1 Å². The standard InChI is InChI=1S/C10H13NO3.C6H13NO2/c1-11-9(10(13)14)6-7-2-4-8(12)5-3-7;1-4(2)5(7-3)6(8)9/h2-5,9,11-12H,6H2,1H3,(H,13,14);4-5,7H,1-3H3,(H,8,9)/t9-;5-/m00/s1. The van der Waals surface area contributed by atoms with E-state index in [2.05, 4.69) is 10.6 Å². The number of benzene rings is 1. The molecule has 23 heavy (non-hydrogen) atoms. The van der Waals surface area contributed by atoms with E-state index in [1.807, 2.05) is 13.8 Å². The van der Waals surface area contributed by atoms with Gasteiger partial charge in [-0.3, -0.25) is 9.59 Å². The summed E-state index contributed by atoms with van der Waals surface area (Å²) in [5.74, 6) is -1.33. The van der Waals surface area contributed by atoms with Gasteiger partial charge < -0.3 is 26.0 Å². The van der Waals surface area contributed by atoms with Crippen molar-refractivity contribution < 1.29 is 24.9 Å². The molecule has 130 valence electrons. The van der Waals surface area contributed by atoms with Gasteiger partial charge in [-0.1, -0.05) is 26.0 Å². The van der Waals surface area contributed by atoms with Crippen LogP contribution in [0.3, 0.4) is 0 Å². The summed E-state index contributed by atoms with van der Waals surface area (Å²) < 4.78 is 0. The molecule has 0 saturated heterocycles. The SMILES string of the molecule is CN[C@@H](Cc1ccc(O)cc1)C(=O)O.CN[C@H](C(=O)O)C(C)C. The molecule has 0 aliphatic carbocycles. The van der Waals surface area contributed by atoms with Crippen LogP contribution in [0, 0.1) is 5.92 Å². The summed E-state index contributed by atoms with van der Waals surface area (Å²) in [5, 5.41) is 31.7. The van der Waals surface area contributed by atoms with Crippen molar-refractivity contribution in [3.63, 3.8) is 0 Å². The second-order valence-electron chi connectivity index (χ2n) is 5.40. The smallest absolute Gasteiger partial charge is 0.321 e. The van der Waals surface area contributed by atoms with Crippen molar-refractivity contribution in [2.24, 2.45) is 5.92 Å². The summed E-state index contributed by atoms with van der Waals surface area (Å²) in [5.41, 5.74) is 0.879. The fourth-order valence-electron chi connectivity index (χ4n) is 1.92. The summed E-state index contributed by atoms with van der Waals surface area (Å²) in [6, 6.07) is 5.52. The molecule has 2 atom stereocenters. The Kier molecular flexibility index (Phi) is 9.60. The van der Waals surface area contributed by atoms with Crippen molar-refractivity contribution >= 4 is 11.9 Å². The lowest BCUT2D eigenvalue weighted by atomic mass is 10.1. The van der Waals surface area contributed by atoms with Crippen LogP contribution in [-0.4, -0.2) is 53.4 Å². The van der Waals surface area contributed by atoms with E-state index in [0.717, 1.165) is 5.56 Å². The number of aliphatic carboxylic acids is 2. The van der Waals surface area contributed by atoms with Gasteiger partial charge in [-0.15, -0.1) is 0 Å². The molecule has 0 amide bonds. The van der Waals surface area contributed by atoms with Gasteiger partial charge in [0.15, 0.2) is 0 Å². The Balaban J connectivity index is 0.000000468. The molecule has 0 aromatic heterocycles. The Morgan fingerprint density at radius 3 is 1.78 bits per heavy atom. The second-order valence-corrected chi connectivity index (χ2v) is 5.40. The van der Waals surface area contributed by atoms with Crippen LogP contribution in [0.5, 0.6) is 5.75 Å². The van der Waals surface area contributed by atoms with E-state index in [-0.39, 0.29) is 11.7 Å². The average Bonchev–Trinajstić information content (AvgIpc) is 2.46. The molecule has 1 aromatic carbocycles. The van der Waals surface area contributed by atoms with Crippen LogP contribution in [0.1, 0.15) is 19.4 Å². The number of aromatic hydroxyl groups is 1. The predicted molar refractivity (Wildman–Crippen MR) is 87.6 cm³/mol. The molecule has 0 bridgehead atoms. The van der Waals surface area contributed by atoms with Gasteiger partial charge in [0.2, 0.25) is 0 Å². The molecule has 7 nitrogen and oxygen atoms in total. The second kappa shape index (κ2) is 10.6. The van der Waals surface area contributed by atoms with Crippen molar-refractivity contribution in [1.82, 2.24) is 10.6 Å². The maximum Gasteiger partial charge on any atom is 0.321 e. The van der Waals surface area contributed by atoms with Crippen LogP contribution in [0.15, 0.2) is 24.3 Å². The molecule has 0 aliphatic rings. The van der Waals surface area contributed by atoms with Crippen LogP contribution in [0.4, 0.5) is 0 Å². The zero-order valence-electron chi connectivity index (χ0n) is 13.9. The fourth-order valence-corrected chi connectivity index (χ4v) is 1.92. The summed E-state index contributed by atoms with van der Waals surface area (Å²) in [6.07, 6.45) is 0.409. The third-order valence-corrected chi connectivity index (χ3v) is 3.27. The summed E-state index contributed by atoms with van der Waals surface area (Å²) >= 11 is 0. The highest BCUT2D eigenvalue weighted by Gasteiger charge is 2.17. The number of carboxylic acids is 2. The highest BCUT2D eigenvalue weighted by atomic mass is 16.4.